The van der Waals surface area contributed by atoms with Crippen molar-refractivity contribution in [3.05, 3.63) is 22.1 Å². The second kappa shape index (κ2) is 6.95. The number of rotatable bonds is 4. The van der Waals surface area contributed by atoms with Gasteiger partial charge in [0, 0.05) is 37.8 Å². The largest absolute Gasteiger partial charge is 0.369 e. The van der Waals surface area contributed by atoms with Crippen LogP contribution in [0.2, 0.25) is 0 Å². The monoisotopic (exact) mass is 324 g/mol. The number of amides is 2. The number of carbonyl (C=O) groups excluding carboxylic acids is 2. The van der Waals surface area contributed by atoms with E-state index in [1.54, 1.807) is 18.9 Å². The highest BCUT2D eigenvalue weighted by atomic mass is 32.2. The normalized spacial score (nSPS) is 15.8. The van der Waals surface area contributed by atoms with Crippen molar-refractivity contribution in [2.45, 2.75) is 24.9 Å². The number of primary amides is 1. The van der Waals surface area contributed by atoms with Crippen LogP contribution in [0.4, 0.5) is 0 Å². The quantitative estimate of drug-likeness (QED) is 0.616. The van der Waals surface area contributed by atoms with Crippen LogP contribution in [-0.4, -0.2) is 45.1 Å². The molecule has 1 fully saturated rings. The fourth-order valence-electron chi connectivity index (χ4n) is 2.39. The fraction of sp³-hybridized carbons (Fsp3) is 0.571. The summed E-state index contributed by atoms with van der Waals surface area (Å²) in [5, 5.41) is 0.533. The van der Waals surface area contributed by atoms with Crippen molar-refractivity contribution in [3.8, 4) is 0 Å². The lowest BCUT2D eigenvalue weighted by molar-refractivity contribution is -0.132. The molecule has 0 radical (unpaired) electrons. The Labute approximate surface area is 132 Å². The van der Waals surface area contributed by atoms with Crippen LogP contribution in [0, 0.1) is 12.8 Å². The zero-order chi connectivity index (χ0) is 16.3. The van der Waals surface area contributed by atoms with Crippen LogP contribution in [0.1, 0.15) is 18.5 Å². The first-order chi connectivity index (χ1) is 10.4. The third kappa shape index (κ3) is 3.88. The number of carbonyl (C=O) groups is 2. The molecule has 120 valence electrons. The van der Waals surface area contributed by atoms with Crippen LogP contribution in [-0.2, 0) is 16.6 Å². The van der Waals surface area contributed by atoms with E-state index in [0.717, 1.165) is 0 Å². The molecule has 0 aliphatic carbocycles. The molecule has 22 heavy (non-hydrogen) atoms. The molecule has 0 bridgehead atoms. The number of nitrogens with zero attached hydrogens (tertiary/aromatic N) is 3. The third-order valence-electron chi connectivity index (χ3n) is 3.80. The van der Waals surface area contributed by atoms with E-state index in [0.29, 0.717) is 36.8 Å². The van der Waals surface area contributed by atoms with Gasteiger partial charge in [-0.25, -0.2) is 4.98 Å². The molecule has 0 aromatic carbocycles. The van der Waals surface area contributed by atoms with Crippen LogP contribution in [0.5, 0.6) is 0 Å². The molecule has 7 nitrogen and oxygen atoms in total. The summed E-state index contributed by atoms with van der Waals surface area (Å²) in [6.07, 6.45) is 1.24. The van der Waals surface area contributed by atoms with Gasteiger partial charge < -0.3 is 10.6 Å². The Morgan fingerprint density at radius 3 is 2.64 bits per heavy atom. The van der Waals surface area contributed by atoms with E-state index in [1.165, 1.54) is 22.4 Å². The van der Waals surface area contributed by atoms with E-state index in [9.17, 15) is 14.4 Å². The number of hydrogen-bond acceptors (Lipinski definition) is 5. The molecular formula is C14H20N4O3S. The smallest absolute Gasteiger partial charge is 0.254 e. The molecular weight excluding hydrogens is 304 g/mol. The molecule has 1 saturated heterocycles. The highest BCUT2D eigenvalue weighted by Crippen LogP contribution is 2.19. The molecule has 2 heterocycles. The van der Waals surface area contributed by atoms with Crippen molar-refractivity contribution < 1.29 is 9.59 Å². The van der Waals surface area contributed by atoms with Crippen molar-refractivity contribution in [1.82, 2.24) is 14.5 Å². The van der Waals surface area contributed by atoms with E-state index >= 15 is 0 Å². The van der Waals surface area contributed by atoms with E-state index in [2.05, 4.69) is 4.98 Å². The lowest BCUT2D eigenvalue weighted by Gasteiger charge is -2.30. The van der Waals surface area contributed by atoms with Gasteiger partial charge in [0.1, 0.15) is 0 Å². The SMILES string of the molecule is Cc1cc(=O)n(C)c(SCC(=O)N2CCC(C(N)=O)CC2)n1. The average Bonchev–Trinajstić information content (AvgIpc) is 2.49. The highest BCUT2D eigenvalue weighted by Gasteiger charge is 2.25. The first-order valence-corrected chi connectivity index (χ1v) is 8.11. The summed E-state index contributed by atoms with van der Waals surface area (Å²) in [5.74, 6) is -0.203. The second-order valence-electron chi connectivity index (χ2n) is 5.42. The Morgan fingerprint density at radius 1 is 1.41 bits per heavy atom. The maximum absolute atomic E-state index is 12.2. The zero-order valence-corrected chi connectivity index (χ0v) is 13.6. The zero-order valence-electron chi connectivity index (χ0n) is 12.7. The molecule has 0 atom stereocenters. The van der Waals surface area contributed by atoms with Gasteiger partial charge in [-0.3, -0.25) is 19.0 Å². The minimum Gasteiger partial charge on any atom is -0.369 e. The van der Waals surface area contributed by atoms with Gasteiger partial charge in [-0.15, -0.1) is 0 Å². The molecule has 1 aliphatic rings. The van der Waals surface area contributed by atoms with Gasteiger partial charge in [0.15, 0.2) is 5.16 Å². The molecule has 2 N–H and O–H groups in total. The minimum absolute atomic E-state index is 0.0105. The first-order valence-electron chi connectivity index (χ1n) is 7.13. The molecule has 0 unspecified atom stereocenters. The predicted molar refractivity (Wildman–Crippen MR) is 83.4 cm³/mol. The lowest BCUT2D eigenvalue weighted by Crippen LogP contribution is -2.42. The first kappa shape index (κ1) is 16.5. The van der Waals surface area contributed by atoms with Crippen LogP contribution in [0.3, 0.4) is 0 Å². The summed E-state index contributed by atoms with van der Waals surface area (Å²) >= 11 is 1.25. The topological polar surface area (TPSA) is 98.3 Å². The number of hydrogen-bond donors (Lipinski definition) is 1. The van der Waals surface area contributed by atoms with E-state index in [-0.39, 0.29) is 29.0 Å². The Hall–Kier alpha value is -1.83. The van der Waals surface area contributed by atoms with Gasteiger partial charge >= 0.3 is 0 Å². The van der Waals surface area contributed by atoms with Crippen molar-refractivity contribution >= 4 is 23.6 Å². The van der Waals surface area contributed by atoms with Gasteiger partial charge in [0.2, 0.25) is 11.8 Å². The molecule has 1 aromatic heterocycles. The Kier molecular flexibility index (Phi) is 5.23. The molecule has 0 saturated carbocycles. The summed E-state index contributed by atoms with van der Waals surface area (Å²) in [6, 6.07) is 1.46. The highest BCUT2D eigenvalue weighted by molar-refractivity contribution is 7.99. The Morgan fingerprint density at radius 2 is 2.05 bits per heavy atom. The maximum Gasteiger partial charge on any atom is 0.254 e. The molecule has 0 spiro atoms. The van der Waals surface area contributed by atoms with E-state index < -0.39 is 0 Å². The molecule has 1 aromatic rings. The van der Waals surface area contributed by atoms with Crippen LogP contribution >= 0.6 is 11.8 Å². The van der Waals surface area contributed by atoms with Gasteiger partial charge in [0.05, 0.1) is 5.75 Å². The summed E-state index contributed by atoms with van der Waals surface area (Å²) < 4.78 is 1.43. The van der Waals surface area contributed by atoms with Gasteiger partial charge in [-0.2, -0.15) is 0 Å². The van der Waals surface area contributed by atoms with Crippen LogP contribution in [0.15, 0.2) is 16.0 Å². The molecule has 2 rings (SSSR count). The molecule has 1 aliphatic heterocycles. The van der Waals surface area contributed by atoms with Crippen molar-refractivity contribution in [2.75, 3.05) is 18.8 Å². The van der Waals surface area contributed by atoms with Crippen molar-refractivity contribution in [1.29, 1.82) is 0 Å². The number of nitrogens with two attached hydrogens (primary N) is 1. The van der Waals surface area contributed by atoms with Gasteiger partial charge in [-0.05, 0) is 19.8 Å². The minimum atomic E-state index is -0.291. The Balaban J connectivity index is 1.91. The average molecular weight is 324 g/mol. The van der Waals surface area contributed by atoms with Crippen molar-refractivity contribution in [2.24, 2.45) is 18.7 Å². The van der Waals surface area contributed by atoms with Crippen molar-refractivity contribution in [3.63, 3.8) is 0 Å². The number of piperidine rings is 1. The predicted octanol–water partition coefficient (Wildman–Crippen LogP) is -0.0953. The van der Waals surface area contributed by atoms with Gasteiger partial charge in [0.25, 0.3) is 5.56 Å². The van der Waals surface area contributed by atoms with E-state index in [1.807, 2.05) is 0 Å². The summed E-state index contributed by atoms with van der Waals surface area (Å²) in [6.45, 7) is 2.85. The van der Waals surface area contributed by atoms with Crippen LogP contribution in [0.25, 0.3) is 0 Å². The maximum atomic E-state index is 12.2. The molecule has 8 heteroatoms. The van der Waals surface area contributed by atoms with Gasteiger partial charge in [-0.1, -0.05) is 11.8 Å². The summed E-state index contributed by atoms with van der Waals surface area (Å²) in [4.78, 5) is 41.0. The number of aryl methyl sites for hydroxylation is 1. The third-order valence-corrected chi connectivity index (χ3v) is 4.81. The number of thioether (sulfide) groups is 1. The summed E-state index contributed by atoms with van der Waals surface area (Å²) in [5.41, 5.74) is 5.79. The number of likely N-dealkylation sites (tertiary alicyclic amines) is 1. The molecule has 2 amide bonds. The number of aromatic nitrogens is 2. The standard InChI is InChI=1S/C14H20N4O3S/c1-9-7-11(19)17(2)14(16-9)22-8-12(20)18-5-3-10(4-6-18)13(15)21/h7,10H,3-6,8H2,1-2H3,(H2,15,21). The second-order valence-corrected chi connectivity index (χ2v) is 6.37. The lowest BCUT2D eigenvalue weighted by atomic mass is 9.96. The van der Waals surface area contributed by atoms with E-state index in [4.69, 9.17) is 5.73 Å². The Bertz CT molecular complexity index is 635. The van der Waals surface area contributed by atoms with Crippen LogP contribution < -0.4 is 11.3 Å². The summed E-state index contributed by atoms with van der Waals surface area (Å²) in [7, 11) is 1.64. The fourth-order valence-corrected chi connectivity index (χ4v) is 3.32.